The molecule has 1 aromatic carbocycles. The predicted molar refractivity (Wildman–Crippen MR) is 112 cm³/mol. The maximum Gasteiger partial charge on any atom is 0.225 e. The summed E-state index contributed by atoms with van der Waals surface area (Å²) in [4.78, 5) is 27.0. The number of rotatable bonds is 6. The number of anilines is 1. The zero-order valence-corrected chi connectivity index (χ0v) is 16.7. The second-order valence-electron chi connectivity index (χ2n) is 7.13. The van der Waals surface area contributed by atoms with Gasteiger partial charge < -0.3 is 10.2 Å². The first-order valence-corrected chi connectivity index (χ1v) is 9.27. The van der Waals surface area contributed by atoms with Crippen molar-refractivity contribution in [3.8, 4) is 22.4 Å². The first kappa shape index (κ1) is 19.5. The SMILES string of the molecule is CC(C)C(=O)NCc1ccc(-c2nc(N(C)C)ncc2-c2ccncc2)cc1. The number of hydrogen-bond donors (Lipinski definition) is 1. The normalized spacial score (nSPS) is 10.8. The van der Waals surface area contributed by atoms with Gasteiger partial charge in [-0.15, -0.1) is 0 Å². The van der Waals surface area contributed by atoms with Crippen molar-refractivity contribution in [3.63, 3.8) is 0 Å². The van der Waals surface area contributed by atoms with Crippen molar-refractivity contribution in [3.05, 3.63) is 60.6 Å². The third-order valence-corrected chi connectivity index (χ3v) is 4.39. The summed E-state index contributed by atoms with van der Waals surface area (Å²) in [6.07, 6.45) is 5.38. The number of amides is 1. The summed E-state index contributed by atoms with van der Waals surface area (Å²) in [6, 6.07) is 12.0. The molecule has 0 saturated carbocycles. The van der Waals surface area contributed by atoms with Crippen molar-refractivity contribution in [2.24, 2.45) is 5.92 Å². The van der Waals surface area contributed by atoms with Crippen LogP contribution in [-0.2, 0) is 11.3 Å². The molecule has 0 aliphatic rings. The molecule has 0 atom stereocenters. The minimum absolute atomic E-state index is 0.0207. The summed E-state index contributed by atoms with van der Waals surface area (Å²) < 4.78 is 0. The van der Waals surface area contributed by atoms with Crippen molar-refractivity contribution < 1.29 is 4.79 Å². The van der Waals surface area contributed by atoms with Crippen molar-refractivity contribution in [2.45, 2.75) is 20.4 Å². The van der Waals surface area contributed by atoms with Crippen LogP contribution in [0.2, 0.25) is 0 Å². The Labute approximate surface area is 165 Å². The van der Waals surface area contributed by atoms with Gasteiger partial charge in [0.2, 0.25) is 11.9 Å². The van der Waals surface area contributed by atoms with Gasteiger partial charge in [-0.3, -0.25) is 9.78 Å². The molecule has 3 rings (SSSR count). The lowest BCUT2D eigenvalue weighted by molar-refractivity contribution is -0.124. The van der Waals surface area contributed by atoms with E-state index in [1.165, 1.54) is 0 Å². The zero-order valence-electron chi connectivity index (χ0n) is 16.7. The fraction of sp³-hybridized carbons (Fsp3) is 0.273. The number of nitrogens with zero attached hydrogens (tertiary/aromatic N) is 4. The van der Waals surface area contributed by atoms with Crippen LogP contribution in [0.1, 0.15) is 19.4 Å². The Balaban J connectivity index is 1.93. The van der Waals surface area contributed by atoms with Crippen LogP contribution in [0.4, 0.5) is 5.95 Å². The first-order chi connectivity index (χ1) is 13.5. The summed E-state index contributed by atoms with van der Waals surface area (Å²) in [7, 11) is 3.84. The lowest BCUT2D eigenvalue weighted by Gasteiger charge is -2.15. The monoisotopic (exact) mass is 375 g/mol. The van der Waals surface area contributed by atoms with E-state index >= 15 is 0 Å². The molecule has 3 aromatic rings. The molecule has 0 radical (unpaired) electrons. The van der Waals surface area contributed by atoms with E-state index in [0.717, 1.165) is 27.9 Å². The van der Waals surface area contributed by atoms with E-state index in [1.54, 1.807) is 12.4 Å². The summed E-state index contributed by atoms with van der Waals surface area (Å²) in [6.45, 7) is 4.29. The molecule has 0 unspecified atom stereocenters. The molecule has 28 heavy (non-hydrogen) atoms. The first-order valence-electron chi connectivity index (χ1n) is 9.27. The highest BCUT2D eigenvalue weighted by molar-refractivity contribution is 5.81. The van der Waals surface area contributed by atoms with Crippen LogP contribution in [0.15, 0.2) is 55.0 Å². The van der Waals surface area contributed by atoms with Crippen LogP contribution in [0.25, 0.3) is 22.4 Å². The average molecular weight is 375 g/mol. The molecule has 6 nitrogen and oxygen atoms in total. The highest BCUT2D eigenvalue weighted by atomic mass is 16.1. The predicted octanol–water partition coefficient (Wildman–Crippen LogP) is 3.54. The van der Waals surface area contributed by atoms with Crippen LogP contribution < -0.4 is 10.2 Å². The average Bonchev–Trinajstić information content (AvgIpc) is 2.72. The highest BCUT2D eigenvalue weighted by Gasteiger charge is 2.13. The molecular weight excluding hydrogens is 350 g/mol. The van der Waals surface area contributed by atoms with E-state index in [0.29, 0.717) is 12.5 Å². The third kappa shape index (κ3) is 4.52. The van der Waals surface area contributed by atoms with Gasteiger partial charge in [-0.05, 0) is 23.3 Å². The molecule has 144 valence electrons. The number of benzene rings is 1. The zero-order chi connectivity index (χ0) is 20.1. The van der Waals surface area contributed by atoms with Gasteiger partial charge in [0.1, 0.15) is 0 Å². The van der Waals surface area contributed by atoms with Crippen molar-refractivity contribution in [2.75, 3.05) is 19.0 Å². The van der Waals surface area contributed by atoms with E-state index in [9.17, 15) is 4.79 Å². The number of aromatic nitrogens is 3. The minimum atomic E-state index is -0.0207. The molecule has 2 aromatic heterocycles. The summed E-state index contributed by atoms with van der Waals surface area (Å²) >= 11 is 0. The summed E-state index contributed by atoms with van der Waals surface area (Å²) in [5, 5.41) is 2.94. The lowest BCUT2D eigenvalue weighted by Crippen LogP contribution is -2.27. The third-order valence-electron chi connectivity index (χ3n) is 4.39. The highest BCUT2D eigenvalue weighted by Crippen LogP contribution is 2.31. The second-order valence-corrected chi connectivity index (χ2v) is 7.13. The topological polar surface area (TPSA) is 71.0 Å². The van der Waals surface area contributed by atoms with Crippen LogP contribution >= 0.6 is 0 Å². The van der Waals surface area contributed by atoms with Gasteiger partial charge >= 0.3 is 0 Å². The molecule has 0 fully saturated rings. The Morgan fingerprint density at radius 3 is 2.32 bits per heavy atom. The smallest absolute Gasteiger partial charge is 0.225 e. The Hall–Kier alpha value is -3.28. The number of carbonyl (C=O) groups excluding carboxylic acids is 1. The fourth-order valence-corrected chi connectivity index (χ4v) is 2.72. The second kappa shape index (κ2) is 8.61. The van der Waals surface area contributed by atoms with Crippen molar-refractivity contribution >= 4 is 11.9 Å². The van der Waals surface area contributed by atoms with Gasteiger partial charge in [0.15, 0.2) is 0 Å². The van der Waals surface area contributed by atoms with E-state index < -0.39 is 0 Å². The molecule has 0 aliphatic carbocycles. The number of hydrogen-bond acceptors (Lipinski definition) is 5. The fourth-order valence-electron chi connectivity index (χ4n) is 2.72. The van der Waals surface area contributed by atoms with Gasteiger partial charge in [-0.25, -0.2) is 9.97 Å². The van der Waals surface area contributed by atoms with Crippen LogP contribution in [0.5, 0.6) is 0 Å². The molecule has 0 spiro atoms. The lowest BCUT2D eigenvalue weighted by atomic mass is 10.0. The minimum Gasteiger partial charge on any atom is -0.352 e. The van der Waals surface area contributed by atoms with Crippen LogP contribution in [0, 0.1) is 5.92 Å². The summed E-state index contributed by atoms with van der Waals surface area (Å²) in [5.74, 6) is 0.684. The standard InChI is InChI=1S/C22H25N5O/c1-15(2)21(28)24-13-16-5-7-18(8-6-16)20-19(17-9-11-23-12-10-17)14-25-22(26-20)27(3)4/h5-12,14-15H,13H2,1-4H3,(H,24,28). The van der Waals surface area contributed by atoms with Crippen molar-refractivity contribution in [1.82, 2.24) is 20.3 Å². The van der Waals surface area contributed by atoms with E-state index in [4.69, 9.17) is 4.98 Å². The van der Waals surface area contributed by atoms with Gasteiger partial charge in [0, 0.05) is 56.3 Å². The molecule has 0 saturated heterocycles. The van der Waals surface area contributed by atoms with Crippen molar-refractivity contribution in [1.29, 1.82) is 0 Å². The maximum atomic E-state index is 11.8. The molecule has 0 bridgehead atoms. The molecule has 1 amide bonds. The van der Waals surface area contributed by atoms with E-state index in [-0.39, 0.29) is 11.8 Å². The molecule has 2 heterocycles. The van der Waals surface area contributed by atoms with Gasteiger partial charge in [-0.1, -0.05) is 38.1 Å². The number of carbonyl (C=O) groups is 1. The Morgan fingerprint density at radius 1 is 1.04 bits per heavy atom. The Kier molecular flexibility index (Phi) is 5.99. The van der Waals surface area contributed by atoms with Crippen LogP contribution in [0.3, 0.4) is 0 Å². The van der Waals surface area contributed by atoms with E-state index in [1.807, 2.05) is 75.4 Å². The van der Waals surface area contributed by atoms with Crippen LogP contribution in [-0.4, -0.2) is 35.0 Å². The Bertz CT molecular complexity index is 937. The molecule has 6 heteroatoms. The van der Waals surface area contributed by atoms with Gasteiger partial charge in [0.25, 0.3) is 0 Å². The molecule has 0 aliphatic heterocycles. The molecular formula is C22H25N5O. The number of pyridine rings is 1. The molecule has 1 N–H and O–H groups in total. The number of nitrogens with one attached hydrogen (secondary N) is 1. The van der Waals surface area contributed by atoms with E-state index in [2.05, 4.69) is 15.3 Å². The van der Waals surface area contributed by atoms with Gasteiger partial charge in [-0.2, -0.15) is 0 Å². The maximum absolute atomic E-state index is 11.8. The quantitative estimate of drug-likeness (QED) is 0.713. The largest absolute Gasteiger partial charge is 0.352 e. The summed E-state index contributed by atoms with van der Waals surface area (Å²) in [5.41, 5.74) is 4.88. The van der Waals surface area contributed by atoms with Gasteiger partial charge in [0.05, 0.1) is 5.69 Å². The Morgan fingerprint density at radius 2 is 1.71 bits per heavy atom.